The van der Waals surface area contributed by atoms with Gasteiger partial charge in [-0.2, -0.15) is 0 Å². The summed E-state index contributed by atoms with van der Waals surface area (Å²) in [5, 5.41) is 23.0. The van der Waals surface area contributed by atoms with Crippen LogP contribution in [0, 0.1) is 0 Å². The monoisotopic (exact) mass is 237 g/mol. The molecule has 1 atom stereocenters. The zero-order valence-corrected chi connectivity index (χ0v) is 10.1. The van der Waals surface area contributed by atoms with Crippen LogP contribution < -0.4 is 10.1 Å². The second-order valence-corrected chi connectivity index (χ2v) is 4.56. The molecule has 0 spiro atoms. The summed E-state index contributed by atoms with van der Waals surface area (Å²) in [5.41, 5.74) is 0.318. The van der Waals surface area contributed by atoms with Gasteiger partial charge < -0.3 is 20.3 Å². The van der Waals surface area contributed by atoms with Crippen molar-refractivity contribution in [2.24, 2.45) is 0 Å². The Hall–Kier alpha value is -1.26. The van der Waals surface area contributed by atoms with Crippen molar-refractivity contribution >= 4 is 0 Å². The Morgan fingerprint density at radius 3 is 2.94 bits per heavy atom. The maximum absolute atomic E-state index is 10.3. The molecule has 1 heterocycles. The molecule has 1 aromatic rings. The van der Waals surface area contributed by atoms with Crippen LogP contribution in [-0.2, 0) is 6.42 Å². The van der Waals surface area contributed by atoms with Crippen molar-refractivity contribution in [2.45, 2.75) is 25.4 Å². The topological polar surface area (TPSA) is 61.7 Å². The van der Waals surface area contributed by atoms with Crippen LogP contribution in [0.3, 0.4) is 0 Å². The highest BCUT2D eigenvalue weighted by atomic mass is 16.5. The van der Waals surface area contributed by atoms with E-state index in [1.165, 1.54) is 0 Å². The third-order valence-corrected chi connectivity index (χ3v) is 3.08. The molecule has 1 aliphatic rings. The number of β-amino-alcohol motifs (C(OH)–C–C–N with tert-alkyl or cyclic N) is 1. The van der Waals surface area contributed by atoms with Crippen LogP contribution in [0.15, 0.2) is 18.2 Å². The summed E-state index contributed by atoms with van der Waals surface area (Å²) >= 11 is 0. The second-order valence-electron chi connectivity index (χ2n) is 4.56. The number of phenolic OH excluding ortho intramolecular Hbond substituents is 1. The third kappa shape index (κ3) is 2.90. The SMILES string of the molecule is CCOc1cc(CC2(O)CCNC2)ccc1O. The van der Waals surface area contributed by atoms with Gasteiger partial charge in [0.2, 0.25) is 0 Å². The van der Waals surface area contributed by atoms with Crippen molar-refractivity contribution in [1.82, 2.24) is 5.32 Å². The predicted molar refractivity (Wildman–Crippen MR) is 65.4 cm³/mol. The number of phenols is 1. The zero-order valence-electron chi connectivity index (χ0n) is 10.1. The molecule has 0 amide bonds. The van der Waals surface area contributed by atoms with Crippen LogP contribution in [-0.4, -0.2) is 35.5 Å². The van der Waals surface area contributed by atoms with E-state index < -0.39 is 5.60 Å². The number of benzene rings is 1. The Labute approximate surface area is 101 Å². The van der Waals surface area contributed by atoms with Crippen LogP contribution in [0.2, 0.25) is 0 Å². The summed E-state index contributed by atoms with van der Waals surface area (Å²) in [7, 11) is 0. The summed E-state index contributed by atoms with van der Waals surface area (Å²) in [6.45, 7) is 3.87. The van der Waals surface area contributed by atoms with Crippen molar-refractivity contribution in [3.05, 3.63) is 23.8 Å². The van der Waals surface area contributed by atoms with E-state index in [0.29, 0.717) is 25.3 Å². The smallest absolute Gasteiger partial charge is 0.161 e. The van der Waals surface area contributed by atoms with Crippen molar-refractivity contribution in [3.8, 4) is 11.5 Å². The first-order valence-electron chi connectivity index (χ1n) is 6.01. The average Bonchev–Trinajstić information content (AvgIpc) is 2.70. The minimum absolute atomic E-state index is 0.145. The molecule has 4 heteroatoms. The summed E-state index contributed by atoms with van der Waals surface area (Å²) in [6, 6.07) is 5.25. The average molecular weight is 237 g/mol. The quantitative estimate of drug-likeness (QED) is 0.732. The van der Waals surface area contributed by atoms with E-state index in [-0.39, 0.29) is 5.75 Å². The van der Waals surface area contributed by atoms with E-state index in [4.69, 9.17) is 4.74 Å². The maximum Gasteiger partial charge on any atom is 0.161 e. The molecule has 1 aromatic carbocycles. The molecule has 1 saturated heterocycles. The van der Waals surface area contributed by atoms with E-state index in [1.807, 2.05) is 13.0 Å². The normalized spacial score (nSPS) is 23.9. The molecule has 94 valence electrons. The molecule has 2 rings (SSSR count). The lowest BCUT2D eigenvalue weighted by atomic mass is 9.93. The highest BCUT2D eigenvalue weighted by Crippen LogP contribution is 2.29. The largest absolute Gasteiger partial charge is 0.504 e. The lowest BCUT2D eigenvalue weighted by molar-refractivity contribution is 0.0618. The highest BCUT2D eigenvalue weighted by Gasteiger charge is 2.31. The van der Waals surface area contributed by atoms with Crippen LogP contribution in [0.4, 0.5) is 0 Å². The number of aliphatic hydroxyl groups is 1. The van der Waals surface area contributed by atoms with E-state index in [2.05, 4.69) is 5.32 Å². The second kappa shape index (κ2) is 4.94. The summed E-state index contributed by atoms with van der Waals surface area (Å²) in [6.07, 6.45) is 1.35. The van der Waals surface area contributed by atoms with Gasteiger partial charge in [-0.15, -0.1) is 0 Å². The molecular formula is C13H19NO3. The molecule has 0 aliphatic carbocycles. The van der Waals surface area contributed by atoms with Crippen molar-refractivity contribution in [2.75, 3.05) is 19.7 Å². The van der Waals surface area contributed by atoms with Gasteiger partial charge in [-0.3, -0.25) is 0 Å². The van der Waals surface area contributed by atoms with Gasteiger partial charge >= 0.3 is 0 Å². The lowest BCUT2D eigenvalue weighted by Crippen LogP contribution is -2.33. The van der Waals surface area contributed by atoms with Crippen LogP contribution in [0.5, 0.6) is 11.5 Å². The molecule has 17 heavy (non-hydrogen) atoms. The fourth-order valence-electron chi connectivity index (χ4n) is 2.20. The van der Waals surface area contributed by atoms with E-state index >= 15 is 0 Å². The van der Waals surface area contributed by atoms with Crippen LogP contribution in [0.25, 0.3) is 0 Å². The summed E-state index contributed by atoms with van der Waals surface area (Å²) in [4.78, 5) is 0. The fraction of sp³-hybridized carbons (Fsp3) is 0.538. The number of hydrogen-bond donors (Lipinski definition) is 3. The fourth-order valence-corrected chi connectivity index (χ4v) is 2.20. The summed E-state index contributed by atoms with van der Waals surface area (Å²) in [5.74, 6) is 0.631. The molecule has 1 fully saturated rings. The molecular weight excluding hydrogens is 218 g/mol. The first-order chi connectivity index (χ1) is 8.13. The first kappa shape index (κ1) is 12.2. The van der Waals surface area contributed by atoms with E-state index in [1.54, 1.807) is 12.1 Å². The minimum Gasteiger partial charge on any atom is -0.504 e. The number of aromatic hydroxyl groups is 1. The molecule has 1 unspecified atom stereocenters. The van der Waals surface area contributed by atoms with Gasteiger partial charge in [0.25, 0.3) is 0 Å². The Morgan fingerprint density at radius 1 is 1.47 bits per heavy atom. The van der Waals surface area contributed by atoms with Gasteiger partial charge in [-0.05, 0) is 37.6 Å². The lowest BCUT2D eigenvalue weighted by Gasteiger charge is -2.21. The number of ether oxygens (including phenoxy) is 1. The Kier molecular flexibility index (Phi) is 3.54. The van der Waals surface area contributed by atoms with Gasteiger partial charge in [0.05, 0.1) is 12.2 Å². The molecule has 0 saturated carbocycles. The van der Waals surface area contributed by atoms with Gasteiger partial charge in [0.15, 0.2) is 11.5 Å². The van der Waals surface area contributed by atoms with Crippen molar-refractivity contribution in [1.29, 1.82) is 0 Å². The minimum atomic E-state index is -0.666. The van der Waals surface area contributed by atoms with Gasteiger partial charge in [-0.25, -0.2) is 0 Å². The predicted octanol–water partition coefficient (Wildman–Crippen LogP) is 1.06. The number of rotatable bonds is 4. The van der Waals surface area contributed by atoms with Gasteiger partial charge in [0.1, 0.15) is 0 Å². The molecule has 0 radical (unpaired) electrons. The third-order valence-electron chi connectivity index (χ3n) is 3.08. The highest BCUT2D eigenvalue weighted by molar-refractivity contribution is 5.42. The molecule has 1 aliphatic heterocycles. The first-order valence-corrected chi connectivity index (χ1v) is 6.01. The van der Waals surface area contributed by atoms with E-state index in [0.717, 1.165) is 18.5 Å². The number of nitrogens with one attached hydrogen (secondary N) is 1. The van der Waals surface area contributed by atoms with Gasteiger partial charge in [-0.1, -0.05) is 6.07 Å². The Morgan fingerprint density at radius 2 is 2.29 bits per heavy atom. The van der Waals surface area contributed by atoms with Crippen LogP contribution in [0.1, 0.15) is 18.9 Å². The van der Waals surface area contributed by atoms with E-state index in [9.17, 15) is 10.2 Å². The molecule has 0 bridgehead atoms. The maximum atomic E-state index is 10.3. The zero-order chi connectivity index (χ0) is 12.3. The van der Waals surface area contributed by atoms with Crippen LogP contribution >= 0.6 is 0 Å². The number of hydrogen-bond acceptors (Lipinski definition) is 4. The van der Waals surface area contributed by atoms with Crippen molar-refractivity contribution in [3.63, 3.8) is 0 Å². The Bertz CT molecular complexity index is 386. The summed E-state index contributed by atoms with van der Waals surface area (Å²) < 4.78 is 5.33. The molecule has 4 nitrogen and oxygen atoms in total. The standard InChI is InChI=1S/C13H19NO3/c1-2-17-12-7-10(3-4-11(12)15)8-13(16)5-6-14-9-13/h3-4,7,14-16H,2,5-6,8-9H2,1H3. The van der Waals surface area contributed by atoms with Crippen molar-refractivity contribution < 1.29 is 14.9 Å². The van der Waals surface area contributed by atoms with Gasteiger partial charge in [0, 0.05) is 13.0 Å². The molecule has 3 N–H and O–H groups in total. The molecule has 0 aromatic heterocycles. The Balaban J connectivity index is 2.13.